The van der Waals surface area contributed by atoms with E-state index in [1.54, 1.807) is 12.1 Å². The smallest absolute Gasteiger partial charge is 0.249 e. The van der Waals surface area contributed by atoms with Crippen LogP contribution in [0.2, 0.25) is 10.0 Å². The van der Waals surface area contributed by atoms with Gasteiger partial charge in [-0.05, 0) is 35.9 Å². The fraction of sp³-hybridized carbons (Fsp3) is 0.0625. The second kappa shape index (κ2) is 8.82. The van der Waals surface area contributed by atoms with Crippen LogP contribution in [0.1, 0.15) is 12.0 Å². The minimum Gasteiger partial charge on any atom is -0.326 e. The average Bonchev–Trinajstić information content (AvgIpc) is 2.53. The monoisotopic (exact) mass is 427 g/mol. The molecule has 124 valence electrons. The predicted octanol–water partition coefficient (Wildman–Crippen LogP) is 4.23. The van der Waals surface area contributed by atoms with Gasteiger partial charge in [0.1, 0.15) is 6.42 Å². The van der Waals surface area contributed by atoms with Crippen molar-refractivity contribution in [2.75, 3.05) is 5.32 Å². The number of carbonyl (C=O) groups excluding carboxylic acids is 2. The van der Waals surface area contributed by atoms with Crippen molar-refractivity contribution in [1.29, 1.82) is 0 Å². The molecule has 0 spiro atoms. The van der Waals surface area contributed by atoms with Crippen molar-refractivity contribution in [2.24, 2.45) is 5.10 Å². The van der Waals surface area contributed by atoms with E-state index in [0.717, 1.165) is 10.0 Å². The summed E-state index contributed by atoms with van der Waals surface area (Å²) in [4.78, 5) is 23.5. The topological polar surface area (TPSA) is 70.6 Å². The number of anilines is 1. The number of benzene rings is 2. The van der Waals surface area contributed by atoms with Crippen molar-refractivity contribution in [1.82, 2.24) is 5.43 Å². The summed E-state index contributed by atoms with van der Waals surface area (Å²) in [6, 6.07) is 12.0. The van der Waals surface area contributed by atoms with Gasteiger partial charge in [0.05, 0.1) is 16.3 Å². The van der Waals surface area contributed by atoms with E-state index in [4.69, 9.17) is 23.2 Å². The SMILES string of the molecule is O=C(CC(=O)Nc1ccc(Cl)c(Cl)c1)N/N=C/c1ccc(Br)cc1. The highest BCUT2D eigenvalue weighted by atomic mass is 79.9. The van der Waals surface area contributed by atoms with Crippen LogP contribution in [0, 0.1) is 0 Å². The van der Waals surface area contributed by atoms with Gasteiger partial charge >= 0.3 is 0 Å². The number of hydrogen-bond donors (Lipinski definition) is 2. The van der Waals surface area contributed by atoms with E-state index in [9.17, 15) is 9.59 Å². The van der Waals surface area contributed by atoms with Gasteiger partial charge in [0.15, 0.2) is 0 Å². The molecule has 0 atom stereocenters. The Kier molecular flexibility index (Phi) is 6.78. The molecule has 0 saturated heterocycles. The largest absolute Gasteiger partial charge is 0.326 e. The lowest BCUT2D eigenvalue weighted by Crippen LogP contribution is -2.24. The summed E-state index contributed by atoms with van der Waals surface area (Å²) in [6.45, 7) is 0. The maximum Gasteiger partial charge on any atom is 0.249 e. The first-order valence-corrected chi connectivity index (χ1v) is 8.31. The zero-order valence-corrected chi connectivity index (χ0v) is 15.3. The molecule has 0 fully saturated rings. The van der Waals surface area contributed by atoms with Crippen LogP contribution in [-0.4, -0.2) is 18.0 Å². The Labute approximate surface area is 157 Å². The van der Waals surface area contributed by atoms with Gasteiger partial charge in [-0.3, -0.25) is 9.59 Å². The molecule has 0 saturated carbocycles. The van der Waals surface area contributed by atoms with Crippen molar-refractivity contribution < 1.29 is 9.59 Å². The van der Waals surface area contributed by atoms with Crippen LogP contribution in [0.15, 0.2) is 52.0 Å². The molecule has 0 unspecified atom stereocenters. The molecule has 2 N–H and O–H groups in total. The number of amides is 2. The van der Waals surface area contributed by atoms with Crippen LogP contribution < -0.4 is 10.7 Å². The maximum atomic E-state index is 11.8. The maximum absolute atomic E-state index is 11.8. The van der Waals surface area contributed by atoms with E-state index in [0.29, 0.717) is 15.7 Å². The molecule has 2 rings (SSSR count). The van der Waals surface area contributed by atoms with Gasteiger partial charge in [-0.25, -0.2) is 5.43 Å². The number of nitrogens with zero attached hydrogens (tertiary/aromatic N) is 1. The summed E-state index contributed by atoms with van der Waals surface area (Å²) in [5.41, 5.74) is 3.57. The number of hydrogen-bond acceptors (Lipinski definition) is 3. The van der Waals surface area contributed by atoms with Crippen LogP contribution in [0.4, 0.5) is 5.69 Å². The molecule has 0 radical (unpaired) electrons. The zero-order chi connectivity index (χ0) is 17.5. The number of halogens is 3. The molecule has 0 aliphatic rings. The first-order valence-electron chi connectivity index (χ1n) is 6.76. The van der Waals surface area contributed by atoms with Crippen LogP contribution >= 0.6 is 39.1 Å². The van der Waals surface area contributed by atoms with Gasteiger partial charge in [0.25, 0.3) is 0 Å². The van der Waals surface area contributed by atoms with Gasteiger partial charge < -0.3 is 5.32 Å². The van der Waals surface area contributed by atoms with E-state index < -0.39 is 11.8 Å². The molecule has 0 bridgehead atoms. The van der Waals surface area contributed by atoms with E-state index in [1.165, 1.54) is 12.3 Å². The van der Waals surface area contributed by atoms with Gasteiger partial charge in [-0.2, -0.15) is 5.10 Å². The molecule has 0 aliphatic heterocycles. The van der Waals surface area contributed by atoms with Gasteiger partial charge in [-0.15, -0.1) is 0 Å². The van der Waals surface area contributed by atoms with Gasteiger partial charge in [0, 0.05) is 10.2 Å². The summed E-state index contributed by atoms with van der Waals surface area (Å²) >= 11 is 15.0. The van der Waals surface area contributed by atoms with E-state index in [-0.39, 0.29) is 6.42 Å². The lowest BCUT2D eigenvalue weighted by atomic mass is 10.2. The second-order valence-corrected chi connectivity index (χ2v) is 6.43. The number of nitrogens with one attached hydrogen (secondary N) is 2. The molecule has 2 aromatic carbocycles. The number of hydrazone groups is 1. The minimum absolute atomic E-state index is 0.318. The molecule has 0 aromatic heterocycles. The first kappa shape index (κ1) is 18.4. The summed E-state index contributed by atoms with van der Waals surface area (Å²) in [7, 11) is 0. The summed E-state index contributed by atoms with van der Waals surface area (Å²) < 4.78 is 0.947. The Morgan fingerprint density at radius 1 is 1.04 bits per heavy atom. The molecule has 2 aromatic rings. The Morgan fingerprint density at radius 2 is 1.75 bits per heavy atom. The van der Waals surface area contributed by atoms with E-state index in [1.807, 2.05) is 24.3 Å². The average molecular weight is 429 g/mol. The Morgan fingerprint density at radius 3 is 2.42 bits per heavy atom. The molecular formula is C16H12BrCl2N3O2. The molecular weight excluding hydrogens is 417 g/mol. The van der Waals surface area contributed by atoms with Gasteiger partial charge in [0.2, 0.25) is 11.8 Å². The minimum atomic E-state index is -0.527. The van der Waals surface area contributed by atoms with Crippen LogP contribution in [0.3, 0.4) is 0 Å². The zero-order valence-electron chi connectivity index (χ0n) is 12.2. The van der Waals surface area contributed by atoms with Crippen LogP contribution in [0.5, 0.6) is 0 Å². The molecule has 5 nitrogen and oxygen atoms in total. The standard InChI is InChI=1S/C16H12BrCl2N3O2/c17-11-3-1-10(2-4-11)9-20-22-16(24)8-15(23)21-12-5-6-13(18)14(19)7-12/h1-7,9H,8H2,(H,21,23)(H,22,24)/b20-9+. The lowest BCUT2D eigenvalue weighted by molar-refractivity contribution is -0.126. The van der Waals surface area contributed by atoms with Crippen molar-refractivity contribution in [3.63, 3.8) is 0 Å². The highest BCUT2D eigenvalue weighted by Gasteiger charge is 2.09. The third-order valence-electron chi connectivity index (χ3n) is 2.80. The summed E-state index contributed by atoms with van der Waals surface area (Å²) in [5.74, 6) is -1.01. The predicted molar refractivity (Wildman–Crippen MR) is 99.6 cm³/mol. The summed E-state index contributed by atoms with van der Waals surface area (Å²) in [5, 5.41) is 7.06. The van der Waals surface area contributed by atoms with Crippen LogP contribution in [0.25, 0.3) is 0 Å². The number of carbonyl (C=O) groups is 2. The van der Waals surface area contributed by atoms with Crippen molar-refractivity contribution in [3.05, 3.63) is 62.5 Å². The highest BCUT2D eigenvalue weighted by Crippen LogP contribution is 2.24. The molecule has 8 heteroatoms. The molecule has 0 heterocycles. The van der Waals surface area contributed by atoms with E-state index in [2.05, 4.69) is 31.8 Å². The Bertz CT molecular complexity index is 779. The second-order valence-electron chi connectivity index (χ2n) is 4.70. The fourth-order valence-electron chi connectivity index (χ4n) is 1.69. The van der Waals surface area contributed by atoms with Crippen molar-refractivity contribution in [2.45, 2.75) is 6.42 Å². The third-order valence-corrected chi connectivity index (χ3v) is 4.07. The number of rotatable bonds is 5. The normalized spacial score (nSPS) is 10.6. The lowest BCUT2D eigenvalue weighted by Gasteiger charge is -2.05. The Balaban J connectivity index is 1.81. The quantitative estimate of drug-likeness (QED) is 0.424. The van der Waals surface area contributed by atoms with Crippen LogP contribution in [-0.2, 0) is 9.59 Å². The van der Waals surface area contributed by atoms with E-state index >= 15 is 0 Å². The molecule has 0 aliphatic carbocycles. The van der Waals surface area contributed by atoms with Gasteiger partial charge in [-0.1, -0.05) is 51.3 Å². The Hall–Kier alpha value is -1.89. The van der Waals surface area contributed by atoms with Crippen molar-refractivity contribution >= 4 is 62.8 Å². The summed E-state index contributed by atoms with van der Waals surface area (Å²) in [6.07, 6.45) is 1.12. The third kappa shape index (κ3) is 5.96. The molecule has 24 heavy (non-hydrogen) atoms. The van der Waals surface area contributed by atoms with Crippen molar-refractivity contribution in [3.8, 4) is 0 Å². The fourth-order valence-corrected chi connectivity index (χ4v) is 2.25. The first-order chi connectivity index (χ1) is 11.4. The molecule has 2 amide bonds. The highest BCUT2D eigenvalue weighted by molar-refractivity contribution is 9.10.